The highest BCUT2D eigenvalue weighted by Crippen LogP contribution is 2.21. The Morgan fingerprint density at radius 1 is 1.35 bits per heavy atom. The molecule has 0 unspecified atom stereocenters. The Morgan fingerprint density at radius 3 is 2.65 bits per heavy atom. The van der Waals surface area contributed by atoms with Gasteiger partial charge in [0, 0.05) is 19.0 Å². The molecule has 0 spiro atoms. The number of thiazole rings is 1. The Hall–Kier alpha value is -1.13. The maximum Gasteiger partial charge on any atom is 0.185 e. The maximum atomic E-state index is 12.8. The molecule has 2 rings (SSSR count). The lowest BCUT2D eigenvalue weighted by molar-refractivity contribution is 0.627. The first-order valence-corrected chi connectivity index (χ1v) is 6.56. The fourth-order valence-corrected chi connectivity index (χ4v) is 2.48. The molecule has 2 aromatic rings. The van der Waals surface area contributed by atoms with Gasteiger partial charge in [-0.05, 0) is 17.7 Å². The van der Waals surface area contributed by atoms with E-state index < -0.39 is 0 Å². The van der Waals surface area contributed by atoms with Gasteiger partial charge in [-0.2, -0.15) is 0 Å². The Morgan fingerprint density at radius 2 is 2.06 bits per heavy atom. The lowest BCUT2D eigenvalue weighted by Gasteiger charge is -2.15. The highest BCUT2D eigenvalue weighted by molar-refractivity contribution is 7.13. The number of benzene rings is 1. The summed E-state index contributed by atoms with van der Waals surface area (Å²) in [5.74, 6) is 0.219. The zero-order valence-electron chi connectivity index (χ0n) is 9.36. The topological polar surface area (TPSA) is 16.1 Å². The van der Waals surface area contributed by atoms with Crippen LogP contribution < -0.4 is 4.90 Å². The predicted octanol–water partition coefficient (Wildman–Crippen LogP) is 3.66. The Balaban J connectivity index is 2.05. The summed E-state index contributed by atoms with van der Waals surface area (Å²) in [5, 5.41) is 2.87. The van der Waals surface area contributed by atoms with Crippen LogP contribution in [0.5, 0.6) is 0 Å². The van der Waals surface area contributed by atoms with Crippen LogP contribution in [0.4, 0.5) is 9.52 Å². The Kier molecular flexibility index (Phi) is 3.97. The molecule has 0 fully saturated rings. The third-order valence-corrected chi connectivity index (χ3v) is 3.61. The van der Waals surface area contributed by atoms with Gasteiger partial charge >= 0.3 is 0 Å². The van der Waals surface area contributed by atoms with Gasteiger partial charge in [0.1, 0.15) is 5.82 Å². The minimum atomic E-state index is -0.213. The van der Waals surface area contributed by atoms with Gasteiger partial charge < -0.3 is 4.90 Å². The molecule has 1 aromatic heterocycles. The molecule has 0 bridgehead atoms. The van der Waals surface area contributed by atoms with Crippen LogP contribution in [0, 0.1) is 5.82 Å². The third-order valence-electron chi connectivity index (χ3n) is 2.34. The van der Waals surface area contributed by atoms with E-state index in [0.29, 0.717) is 12.4 Å². The van der Waals surface area contributed by atoms with E-state index in [0.717, 1.165) is 16.4 Å². The molecule has 1 heterocycles. The van der Waals surface area contributed by atoms with Crippen LogP contribution in [0.3, 0.4) is 0 Å². The number of hydrogen-bond acceptors (Lipinski definition) is 3. The highest BCUT2D eigenvalue weighted by Gasteiger charge is 2.07. The van der Waals surface area contributed by atoms with E-state index in [-0.39, 0.29) is 5.82 Å². The van der Waals surface area contributed by atoms with E-state index in [2.05, 4.69) is 4.98 Å². The zero-order valence-corrected chi connectivity index (χ0v) is 10.9. The van der Waals surface area contributed by atoms with E-state index in [1.54, 1.807) is 23.5 Å². The van der Waals surface area contributed by atoms with Crippen molar-refractivity contribution < 1.29 is 4.39 Å². The maximum absolute atomic E-state index is 12.8. The molecule has 0 amide bonds. The number of hydrogen-bond donors (Lipinski definition) is 0. The standard InChI is InChI=1S/C12H12ClFN2S/c1-16(12-15-11(6-13)8-17-12)7-9-2-4-10(14)5-3-9/h2-5,8H,6-7H2,1H3. The fraction of sp³-hybridized carbons (Fsp3) is 0.250. The molecule has 0 aliphatic rings. The van der Waals surface area contributed by atoms with E-state index in [4.69, 9.17) is 11.6 Å². The highest BCUT2D eigenvalue weighted by atomic mass is 35.5. The van der Waals surface area contributed by atoms with Gasteiger partial charge in [-0.25, -0.2) is 9.37 Å². The second-order valence-electron chi connectivity index (χ2n) is 3.74. The monoisotopic (exact) mass is 270 g/mol. The molecule has 0 saturated carbocycles. The molecular formula is C12H12ClFN2S. The number of anilines is 1. The van der Waals surface area contributed by atoms with Gasteiger partial charge in [0.25, 0.3) is 0 Å². The smallest absolute Gasteiger partial charge is 0.185 e. The van der Waals surface area contributed by atoms with Crippen molar-refractivity contribution in [1.82, 2.24) is 4.98 Å². The van der Waals surface area contributed by atoms with Gasteiger partial charge in [0.05, 0.1) is 11.6 Å². The Bertz CT molecular complexity index is 484. The average Bonchev–Trinajstić information content (AvgIpc) is 2.81. The second kappa shape index (κ2) is 5.47. The molecule has 0 aliphatic carbocycles. The second-order valence-corrected chi connectivity index (χ2v) is 4.84. The summed E-state index contributed by atoms with van der Waals surface area (Å²) in [7, 11) is 1.96. The van der Waals surface area contributed by atoms with Crippen LogP contribution in [0.25, 0.3) is 0 Å². The SMILES string of the molecule is CN(Cc1ccc(F)cc1)c1nc(CCl)cs1. The van der Waals surface area contributed by atoms with Crippen molar-refractivity contribution in [3.63, 3.8) is 0 Å². The van der Waals surface area contributed by atoms with Crippen molar-refractivity contribution in [2.75, 3.05) is 11.9 Å². The minimum Gasteiger partial charge on any atom is -0.347 e. The van der Waals surface area contributed by atoms with Crippen LogP contribution >= 0.6 is 22.9 Å². The van der Waals surface area contributed by atoms with E-state index >= 15 is 0 Å². The third kappa shape index (κ3) is 3.17. The van der Waals surface area contributed by atoms with Crippen LogP contribution in [0.15, 0.2) is 29.6 Å². The molecule has 17 heavy (non-hydrogen) atoms. The molecular weight excluding hydrogens is 259 g/mol. The zero-order chi connectivity index (χ0) is 12.3. The first kappa shape index (κ1) is 12.3. The lowest BCUT2D eigenvalue weighted by Crippen LogP contribution is -2.16. The van der Waals surface area contributed by atoms with Gasteiger partial charge in [-0.15, -0.1) is 22.9 Å². The molecule has 5 heteroatoms. The molecule has 0 aliphatic heterocycles. The van der Waals surface area contributed by atoms with Crippen molar-refractivity contribution in [3.05, 3.63) is 46.7 Å². The molecule has 0 radical (unpaired) electrons. The van der Waals surface area contributed by atoms with Gasteiger partial charge in [-0.3, -0.25) is 0 Å². The van der Waals surface area contributed by atoms with Gasteiger partial charge in [0.15, 0.2) is 5.13 Å². The summed E-state index contributed by atoms with van der Waals surface area (Å²) in [4.78, 5) is 6.40. The summed E-state index contributed by atoms with van der Waals surface area (Å²) in [6, 6.07) is 6.49. The molecule has 0 saturated heterocycles. The first-order chi connectivity index (χ1) is 8.19. The van der Waals surface area contributed by atoms with Crippen molar-refractivity contribution >= 4 is 28.1 Å². The van der Waals surface area contributed by atoms with Crippen LogP contribution in [-0.4, -0.2) is 12.0 Å². The van der Waals surface area contributed by atoms with Crippen molar-refractivity contribution in [3.8, 4) is 0 Å². The van der Waals surface area contributed by atoms with Crippen LogP contribution in [-0.2, 0) is 12.4 Å². The average molecular weight is 271 g/mol. The summed E-state index contributed by atoms with van der Waals surface area (Å²) in [5.41, 5.74) is 1.94. The van der Waals surface area contributed by atoms with E-state index in [1.807, 2.05) is 17.3 Å². The summed E-state index contributed by atoms with van der Waals surface area (Å²) >= 11 is 7.27. The molecule has 90 valence electrons. The van der Waals surface area contributed by atoms with E-state index in [1.165, 1.54) is 12.1 Å². The lowest BCUT2D eigenvalue weighted by atomic mass is 10.2. The summed E-state index contributed by atoms with van der Waals surface area (Å²) < 4.78 is 12.8. The number of aromatic nitrogens is 1. The molecule has 0 atom stereocenters. The summed E-state index contributed by atoms with van der Waals surface area (Å²) in [6.45, 7) is 0.704. The number of rotatable bonds is 4. The largest absolute Gasteiger partial charge is 0.347 e. The number of halogens is 2. The van der Waals surface area contributed by atoms with Gasteiger partial charge in [0.2, 0.25) is 0 Å². The molecule has 1 aromatic carbocycles. The van der Waals surface area contributed by atoms with Crippen LogP contribution in [0.2, 0.25) is 0 Å². The van der Waals surface area contributed by atoms with Crippen molar-refractivity contribution in [2.45, 2.75) is 12.4 Å². The van der Waals surface area contributed by atoms with Crippen molar-refractivity contribution in [2.24, 2.45) is 0 Å². The predicted molar refractivity (Wildman–Crippen MR) is 70.2 cm³/mol. The number of nitrogens with zero attached hydrogens (tertiary/aromatic N) is 2. The van der Waals surface area contributed by atoms with E-state index in [9.17, 15) is 4.39 Å². The fourth-order valence-electron chi connectivity index (χ4n) is 1.46. The molecule has 2 nitrogen and oxygen atoms in total. The van der Waals surface area contributed by atoms with Gasteiger partial charge in [-0.1, -0.05) is 12.1 Å². The first-order valence-electron chi connectivity index (χ1n) is 5.15. The van der Waals surface area contributed by atoms with Crippen molar-refractivity contribution in [1.29, 1.82) is 0 Å². The quantitative estimate of drug-likeness (QED) is 0.789. The normalized spacial score (nSPS) is 10.5. The summed E-state index contributed by atoms with van der Waals surface area (Å²) in [6.07, 6.45) is 0. The van der Waals surface area contributed by atoms with Crippen LogP contribution in [0.1, 0.15) is 11.3 Å². The minimum absolute atomic E-state index is 0.213. The Labute approximate surface area is 109 Å². The number of alkyl halides is 1. The molecule has 0 N–H and O–H groups in total.